The largest absolute Gasteiger partial charge is 0.508 e. The fraction of sp³-hybridized carbons (Fsp3) is 0.265. The second-order valence-corrected chi connectivity index (χ2v) is 13.6. The van der Waals surface area contributed by atoms with Gasteiger partial charge in [0, 0.05) is 17.0 Å². The summed E-state index contributed by atoms with van der Waals surface area (Å²) in [6, 6.07) is 11.1. The highest BCUT2D eigenvalue weighted by atomic mass is 35.5. The molecule has 3 aromatic rings. The Morgan fingerprint density at radius 1 is 0.796 bits per heavy atom. The number of carbonyl (C=O) groups excluding carboxylic acids is 5. The van der Waals surface area contributed by atoms with Crippen molar-refractivity contribution in [1.82, 2.24) is 0 Å². The van der Waals surface area contributed by atoms with E-state index in [0.717, 1.165) is 4.90 Å². The number of allylic oxidation sites excluding steroid dienone is 2. The monoisotopic (exact) mass is 718 g/mol. The van der Waals surface area contributed by atoms with Crippen LogP contribution >= 0.6 is 23.2 Å². The molecule has 3 fully saturated rings. The van der Waals surface area contributed by atoms with Crippen LogP contribution in [0.1, 0.15) is 41.6 Å². The van der Waals surface area contributed by atoms with Crippen LogP contribution in [-0.2, 0) is 19.2 Å². The predicted octanol–water partition coefficient (Wildman–Crippen LogP) is 6.06. The molecule has 6 atom stereocenters. The van der Waals surface area contributed by atoms with E-state index in [-0.39, 0.29) is 33.9 Å². The molecule has 0 aromatic heterocycles. The van der Waals surface area contributed by atoms with E-state index in [0.29, 0.717) is 5.56 Å². The SMILES string of the molecule is CC(=O)c1ccc(N2C(=O)C3CC=C4C(CC5(Cl)C(=O)N(c6c(F)c(F)c(F)c(F)c6F)C(=O)C5(Cl)C4c4ccccc4O)C3C2=O)cc1. The third-order valence-corrected chi connectivity index (χ3v) is 11.4. The molecule has 2 aliphatic heterocycles. The van der Waals surface area contributed by atoms with Gasteiger partial charge < -0.3 is 5.11 Å². The molecule has 1 saturated carbocycles. The number of aromatic hydroxyl groups is 1. The number of phenolic OH excluding ortho intramolecular Hbond substituents is 1. The zero-order chi connectivity index (χ0) is 35.5. The maximum absolute atomic E-state index is 15.1. The van der Waals surface area contributed by atoms with E-state index in [1.165, 1.54) is 61.5 Å². The first-order valence-corrected chi connectivity index (χ1v) is 15.6. The van der Waals surface area contributed by atoms with Gasteiger partial charge >= 0.3 is 0 Å². The third-order valence-electron chi connectivity index (χ3n) is 10.0. The van der Waals surface area contributed by atoms with Gasteiger partial charge in [-0.25, -0.2) is 26.9 Å². The minimum Gasteiger partial charge on any atom is -0.508 e. The lowest BCUT2D eigenvalue weighted by atomic mass is 9.56. The summed E-state index contributed by atoms with van der Waals surface area (Å²) >= 11 is 14.1. The van der Waals surface area contributed by atoms with Crippen molar-refractivity contribution in [2.75, 3.05) is 9.80 Å². The van der Waals surface area contributed by atoms with Crippen LogP contribution in [0.15, 0.2) is 60.2 Å². The lowest BCUT2D eigenvalue weighted by Crippen LogP contribution is -2.60. The summed E-state index contributed by atoms with van der Waals surface area (Å²) in [6.45, 7) is 1.34. The van der Waals surface area contributed by atoms with Gasteiger partial charge in [0.05, 0.1) is 17.5 Å². The van der Waals surface area contributed by atoms with E-state index < -0.39 is 104 Å². The molecule has 4 amide bonds. The number of imide groups is 2. The smallest absolute Gasteiger partial charge is 0.258 e. The molecule has 252 valence electrons. The number of hydrogen-bond donors (Lipinski definition) is 1. The van der Waals surface area contributed by atoms with E-state index >= 15 is 8.78 Å². The predicted molar refractivity (Wildman–Crippen MR) is 163 cm³/mol. The van der Waals surface area contributed by atoms with Crippen molar-refractivity contribution in [3.8, 4) is 5.75 Å². The van der Waals surface area contributed by atoms with Gasteiger partial charge in [-0.1, -0.05) is 29.8 Å². The van der Waals surface area contributed by atoms with Crippen LogP contribution in [0.2, 0.25) is 0 Å². The molecular weight excluding hydrogens is 698 g/mol. The maximum Gasteiger partial charge on any atom is 0.258 e. The van der Waals surface area contributed by atoms with E-state index in [1.54, 1.807) is 0 Å². The molecule has 7 rings (SSSR count). The van der Waals surface area contributed by atoms with Crippen LogP contribution in [-0.4, -0.2) is 44.3 Å². The standard InChI is InChI=1S/C34H21Cl2F5N2O6/c1-13(44)14-6-8-15(9-7-14)42-29(46)18-11-10-16-19(21(18)30(42)47)12-33(35)31(48)43(28-26(40)24(38)23(37)25(39)27(28)41)32(49)34(33,36)22(16)17-4-2-3-5-20(17)45/h2-10,18-19,21-22,45H,11-12H2,1H3. The Balaban J connectivity index is 1.40. The number of Topliss-reactive ketones (excluding diaryl/α,β-unsaturated/α-hetero) is 1. The number of rotatable bonds is 4. The van der Waals surface area contributed by atoms with Crippen LogP contribution in [0.3, 0.4) is 0 Å². The number of benzene rings is 3. The fourth-order valence-corrected chi connectivity index (χ4v) is 8.67. The minimum absolute atomic E-state index is 0.0705. The number of halogens is 7. The molecule has 0 radical (unpaired) electrons. The van der Waals surface area contributed by atoms with Crippen LogP contribution in [0.25, 0.3) is 0 Å². The first kappa shape index (κ1) is 32.9. The molecule has 4 aliphatic rings. The second-order valence-electron chi connectivity index (χ2n) is 12.4. The second kappa shape index (κ2) is 10.9. The lowest BCUT2D eigenvalue weighted by molar-refractivity contribution is -0.125. The Morgan fingerprint density at radius 3 is 1.98 bits per heavy atom. The summed E-state index contributed by atoms with van der Waals surface area (Å²) in [4.78, 5) is 63.3. The number of alkyl halides is 2. The minimum atomic E-state index is -2.74. The van der Waals surface area contributed by atoms with Crippen LogP contribution in [0.5, 0.6) is 5.75 Å². The van der Waals surface area contributed by atoms with E-state index in [2.05, 4.69) is 0 Å². The van der Waals surface area contributed by atoms with Gasteiger partial charge in [0.15, 0.2) is 38.8 Å². The van der Waals surface area contributed by atoms with Gasteiger partial charge in [0.25, 0.3) is 11.8 Å². The van der Waals surface area contributed by atoms with Crippen LogP contribution in [0.4, 0.5) is 33.3 Å². The number of carbonyl (C=O) groups is 5. The Labute approximate surface area is 283 Å². The fourth-order valence-electron chi connectivity index (χ4n) is 7.74. The van der Waals surface area contributed by atoms with Gasteiger partial charge in [-0.05, 0) is 56.0 Å². The van der Waals surface area contributed by atoms with E-state index in [9.17, 15) is 42.3 Å². The number of ketones is 1. The normalized spacial score (nSPS) is 29.2. The number of para-hydroxylation sites is 1. The highest BCUT2D eigenvalue weighted by Crippen LogP contribution is 2.66. The first-order valence-electron chi connectivity index (χ1n) is 14.8. The molecule has 0 bridgehead atoms. The maximum atomic E-state index is 15.1. The Bertz CT molecular complexity index is 2060. The summed E-state index contributed by atoms with van der Waals surface area (Å²) in [5.74, 6) is -22.6. The van der Waals surface area contributed by atoms with Gasteiger partial charge in [0.1, 0.15) is 11.4 Å². The molecule has 2 aliphatic carbocycles. The van der Waals surface area contributed by atoms with Crippen molar-refractivity contribution < 1.29 is 51.0 Å². The summed E-state index contributed by atoms with van der Waals surface area (Å²) < 4.78 is 73.0. The molecule has 3 aromatic carbocycles. The topological polar surface area (TPSA) is 112 Å². The van der Waals surface area contributed by atoms with Crippen molar-refractivity contribution in [3.63, 3.8) is 0 Å². The van der Waals surface area contributed by atoms with Crippen molar-refractivity contribution >= 4 is 64.0 Å². The zero-order valence-corrected chi connectivity index (χ0v) is 26.5. The molecule has 49 heavy (non-hydrogen) atoms. The molecule has 15 heteroatoms. The van der Waals surface area contributed by atoms with Crippen molar-refractivity contribution in [2.24, 2.45) is 17.8 Å². The van der Waals surface area contributed by atoms with Crippen LogP contribution in [0, 0.1) is 46.8 Å². The average Bonchev–Trinajstić information content (AvgIpc) is 3.41. The van der Waals surface area contributed by atoms with Gasteiger partial charge in [0.2, 0.25) is 17.6 Å². The number of fused-ring (bicyclic) bond motifs is 4. The summed E-state index contributed by atoms with van der Waals surface area (Å²) in [5, 5.41) is 11.0. The average molecular weight is 719 g/mol. The third kappa shape index (κ3) is 4.18. The quantitative estimate of drug-likeness (QED) is 0.0668. The number of phenols is 1. The number of amides is 4. The summed E-state index contributed by atoms with van der Waals surface area (Å²) in [6.07, 6.45) is 0.774. The molecule has 6 unspecified atom stereocenters. The van der Waals surface area contributed by atoms with Crippen molar-refractivity contribution in [3.05, 3.63) is 100 Å². The molecule has 8 nitrogen and oxygen atoms in total. The number of hydrogen-bond acceptors (Lipinski definition) is 6. The molecule has 1 N–H and O–H groups in total. The number of anilines is 2. The number of nitrogens with zero attached hydrogens (tertiary/aromatic N) is 2. The lowest BCUT2D eigenvalue weighted by Gasteiger charge is -2.50. The zero-order valence-electron chi connectivity index (χ0n) is 24.9. The molecule has 0 spiro atoms. The first-order chi connectivity index (χ1) is 23.1. The molecule has 2 saturated heterocycles. The highest BCUT2D eigenvalue weighted by Gasteiger charge is 2.77. The van der Waals surface area contributed by atoms with Gasteiger partial charge in [-0.3, -0.25) is 28.9 Å². The summed E-state index contributed by atoms with van der Waals surface area (Å²) in [5.41, 5.74) is -1.30. The Hall–Kier alpha value is -4.62. The van der Waals surface area contributed by atoms with Gasteiger partial charge in [-0.15, -0.1) is 23.2 Å². The van der Waals surface area contributed by atoms with E-state index in [1.807, 2.05) is 0 Å². The van der Waals surface area contributed by atoms with E-state index in [4.69, 9.17) is 23.2 Å². The summed E-state index contributed by atoms with van der Waals surface area (Å²) in [7, 11) is 0. The van der Waals surface area contributed by atoms with Gasteiger partial charge in [-0.2, -0.15) is 0 Å². The Morgan fingerprint density at radius 2 is 1.39 bits per heavy atom. The highest BCUT2D eigenvalue weighted by molar-refractivity contribution is 6.58. The molecule has 2 heterocycles. The molecular formula is C34H21Cl2F5N2O6. The Kier molecular flexibility index (Phi) is 7.35. The van der Waals surface area contributed by atoms with Crippen LogP contribution < -0.4 is 9.80 Å². The van der Waals surface area contributed by atoms with Crippen molar-refractivity contribution in [2.45, 2.75) is 35.4 Å². The van der Waals surface area contributed by atoms with Crippen molar-refractivity contribution in [1.29, 1.82) is 0 Å².